The number of rotatable bonds is 3. The van der Waals surface area contributed by atoms with Crippen LogP contribution in [0.15, 0.2) is 9.59 Å². The zero-order valence-electron chi connectivity index (χ0n) is 9.00. The molecule has 84 valence electrons. The van der Waals surface area contributed by atoms with Crippen molar-refractivity contribution in [3.05, 3.63) is 25.9 Å². The van der Waals surface area contributed by atoms with Crippen molar-refractivity contribution >= 4 is 17.4 Å². The van der Waals surface area contributed by atoms with Crippen molar-refractivity contribution in [2.45, 2.75) is 26.9 Å². The predicted molar refractivity (Wildman–Crippen MR) is 60.9 cm³/mol. The van der Waals surface area contributed by atoms with Crippen molar-refractivity contribution in [3.8, 4) is 0 Å². The SMILES string of the molecule is CCn1c(NC)c(Cl)c(=O)n(CC)c1=O. The molecule has 0 spiro atoms. The number of hydrogen-bond donors (Lipinski definition) is 1. The molecule has 5 nitrogen and oxygen atoms in total. The molecule has 0 saturated carbocycles. The molecule has 0 fully saturated rings. The number of nitrogens with zero attached hydrogens (tertiary/aromatic N) is 2. The van der Waals surface area contributed by atoms with Crippen molar-refractivity contribution in [3.63, 3.8) is 0 Å². The summed E-state index contributed by atoms with van der Waals surface area (Å²) in [4.78, 5) is 23.5. The van der Waals surface area contributed by atoms with Gasteiger partial charge >= 0.3 is 5.69 Å². The Morgan fingerprint density at radius 3 is 2.13 bits per heavy atom. The molecule has 0 amide bonds. The minimum atomic E-state index is -0.446. The maximum Gasteiger partial charge on any atom is 0.332 e. The Morgan fingerprint density at radius 1 is 1.20 bits per heavy atom. The highest BCUT2D eigenvalue weighted by Gasteiger charge is 2.14. The number of anilines is 1. The molecule has 1 N–H and O–H groups in total. The summed E-state index contributed by atoms with van der Waals surface area (Å²) in [6.45, 7) is 4.34. The van der Waals surface area contributed by atoms with Gasteiger partial charge in [0.1, 0.15) is 10.8 Å². The van der Waals surface area contributed by atoms with E-state index in [0.717, 1.165) is 4.57 Å². The minimum absolute atomic E-state index is 0.0563. The van der Waals surface area contributed by atoms with E-state index in [4.69, 9.17) is 11.6 Å². The second-order valence-electron chi connectivity index (χ2n) is 2.99. The lowest BCUT2D eigenvalue weighted by Gasteiger charge is -2.14. The Morgan fingerprint density at radius 2 is 1.73 bits per heavy atom. The van der Waals surface area contributed by atoms with E-state index >= 15 is 0 Å². The van der Waals surface area contributed by atoms with Crippen LogP contribution in [0.25, 0.3) is 0 Å². The molecule has 15 heavy (non-hydrogen) atoms. The van der Waals surface area contributed by atoms with E-state index in [9.17, 15) is 9.59 Å². The monoisotopic (exact) mass is 231 g/mol. The van der Waals surface area contributed by atoms with Gasteiger partial charge in [-0.05, 0) is 13.8 Å². The first-order valence-corrected chi connectivity index (χ1v) is 5.17. The third kappa shape index (κ3) is 1.79. The predicted octanol–water partition coefficient (Wildman–Crippen LogP) is 0.745. The molecular weight excluding hydrogens is 218 g/mol. The number of hydrogen-bond acceptors (Lipinski definition) is 3. The highest BCUT2D eigenvalue weighted by molar-refractivity contribution is 6.32. The third-order valence-corrected chi connectivity index (χ3v) is 2.58. The second-order valence-corrected chi connectivity index (χ2v) is 3.37. The van der Waals surface area contributed by atoms with E-state index in [2.05, 4.69) is 5.32 Å². The molecule has 0 radical (unpaired) electrons. The molecule has 1 aromatic heterocycles. The van der Waals surface area contributed by atoms with Crippen LogP contribution < -0.4 is 16.6 Å². The topological polar surface area (TPSA) is 56.0 Å². The van der Waals surface area contributed by atoms with E-state index in [-0.39, 0.29) is 10.7 Å². The van der Waals surface area contributed by atoms with Crippen molar-refractivity contribution in [2.75, 3.05) is 12.4 Å². The maximum absolute atomic E-state index is 11.8. The zero-order chi connectivity index (χ0) is 11.6. The van der Waals surface area contributed by atoms with E-state index in [1.807, 2.05) is 6.92 Å². The van der Waals surface area contributed by atoms with E-state index in [0.29, 0.717) is 18.9 Å². The molecule has 1 rings (SSSR count). The van der Waals surface area contributed by atoms with Gasteiger partial charge in [-0.3, -0.25) is 13.9 Å². The lowest BCUT2D eigenvalue weighted by atomic mass is 10.5. The third-order valence-electron chi connectivity index (χ3n) is 2.24. The van der Waals surface area contributed by atoms with Gasteiger partial charge in [-0.25, -0.2) is 4.79 Å². The number of aromatic nitrogens is 2. The molecule has 0 bridgehead atoms. The summed E-state index contributed by atoms with van der Waals surface area (Å²) in [5.41, 5.74) is -0.781. The van der Waals surface area contributed by atoms with Crippen LogP contribution in [0.5, 0.6) is 0 Å². The van der Waals surface area contributed by atoms with Crippen LogP contribution in [0.4, 0.5) is 5.82 Å². The number of nitrogens with one attached hydrogen (secondary N) is 1. The molecule has 1 heterocycles. The minimum Gasteiger partial charge on any atom is -0.373 e. The van der Waals surface area contributed by atoms with E-state index in [1.54, 1.807) is 14.0 Å². The first-order chi connectivity index (χ1) is 7.08. The highest BCUT2D eigenvalue weighted by Crippen LogP contribution is 2.13. The normalized spacial score (nSPS) is 10.4. The van der Waals surface area contributed by atoms with Crippen LogP contribution in [-0.4, -0.2) is 16.2 Å². The summed E-state index contributed by atoms with van der Waals surface area (Å²) in [7, 11) is 1.63. The fourth-order valence-electron chi connectivity index (χ4n) is 1.48. The van der Waals surface area contributed by atoms with Gasteiger partial charge in [-0.2, -0.15) is 0 Å². The first-order valence-electron chi connectivity index (χ1n) is 4.79. The van der Waals surface area contributed by atoms with Crippen LogP contribution in [0, 0.1) is 0 Å². The van der Waals surface area contributed by atoms with Gasteiger partial charge in [-0.15, -0.1) is 0 Å². The summed E-state index contributed by atoms with van der Waals surface area (Å²) < 4.78 is 2.56. The molecule has 0 saturated heterocycles. The van der Waals surface area contributed by atoms with Crippen LogP contribution >= 0.6 is 11.6 Å². The van der Waals surface area contributed by atoms with Gasteiger partial charge < -0.3 is 5.32 Å². The molecule has 1 aromatic rings. The molecule has 0 unspecified atom stereocenters. The van der Waals surface area contributed by atoms with Crippen LogP contribution in [0.3, 0.4) is 0 Å². The molecule has 0 aromatic carbocycles. The molecule has 6 heteroatoms. The smallest absolute Gasteiger partial charge is 0.332 e. The van der Waals surface area contributed by atoms with Crippen molar-refractivity contribution < 1.29 is 0 Å². The fraction of sp³-hybridized carbons (Fsp3) is 0.556. The summed E-state index contributed by atoms with van der Waals surface area (Å²) in [5, 5.41) is 2.82. The van der Waals surface area contributed by atoms with Gasteiger partial charge in [0.05, 0.1) is 0 Å². The van der Waals surface area contributed by atoms with Crippen LogP contribution in [0.2, 0.25) is 5.02 Å². The average molecular weight is 232 g/mol. The van der Waals surface area contributed by atoms with E-state index < -0.39 is 5.56 Å². The fourth-order valence-corrected chi connectivity index (χ4v) is 1.78. The van der Waals surface area contributed by atoms with Crippen molar-refractivity contribution in [2.24, 2.45) is 0 Å². The second kappa shape index (κ2) is 4.53. The molecular formula is C9H14ClN3O2. The summed E-state index contributed by atoms with van der Waals surface area (Å²) in [6.07, 6.45) is 0. The molecule has 0 aliphatic heterocycles. The highest BCUT2D eigenvalue weighted by atomic mass is 35.5. The largest absolute Gasteiger partial charge is 0.373 e. The summed E-state index contributed by atoms with van der Waals surface area (Å²) in [5.74, 6) is 0.374. The van der Waals surface area contributed by atoms with Gasteiger partial charge in [0.2, 0.25) is 0 Å². The van der Waals surface area contributed by atoms with Crippen molar-refractivity contribution in [1.82, 2.24) is 9.13 Å². The van der Waals surface area contributed by atoms with Crippen LogP contribution in [-0.2, 0) is 13.1 Å². The van der Waals surface area contributed by atoms with Gasteiger partial charge in [0.15, 0.2) is 0 Å². The lowest BCUT2D eigenvalue weighted by Crippen LogP contribution is -2.40. The summed E-state index contributed by atoms with van der Waals surface area (Å²) in [6, 6.07) is 0. The average Bonchev–Trinajstić information content (AvgIpc) is 2.23. The van der Waals surface area contributed by atoms with Gasteiger partial charge in [0, 0.05) is 20.1 Å². The molecule has 0 atom stereocenters. The maximum atomic E-state index is 11.8. The standard InChI is InChI=1S/C9H14ClN3O2/c1-4-12-7(11-3)6(10)8(14)13(5-2)9(12)15/h11H,4-5H2,1-3H3. The molecule has 0 aliphatic carbocycles. The van der Waals surface area contributed by atoms with Crippen molar-refractivity contribution in [1.29, 1.82) is 0 Å². The first kappa shape index (κ1) is 11.8. The van der Waals surface area contributed by atoms with E-state index in [1.165, 1.54) is 4.57 Å². The quantitative estimate of drug-likeness (QED) is 0.835. The summed E-state index contributed by atoms with van der Waals surface area (Å²) >= 11 is 5.88. The Bertz CT molecular complexity index is 475. The zero-order valence-corrected chi connectivity index (χ0v) is 9.76. The lowest BCUT2D eigenvalue weighted by molar-refractivity contribution is 0.593. The Balaban J connectivity index is 3.74. The Labute approximate surface area is 92.3 Å². The number of halogens is 1. The Kier molecular flexibility index (Phi) is 3.57. The van der Waals surface area contributed by atoms with Gasteiger partial charge in [0.25, 0.3) is 5.56 Å². The van der Waals surface area contributed by atoms with Gasteiger partial charge in [-0.1, -0.05) is 11.6 Å². The van der Waals surface area contributed by atoms with Crippen LogP contribution in [0.1, 0.15) is 13.8 Å². The Hall–Kier alpha value is -1.23. The molecule has 0 aliphatic rings.